The number of fused-ring (bicyclic) bond motifs is 1. The molecular formula is C6H5N5O. The molecule has 2 rings (SSSR count). The van der Waals surface area contributed by atoms with Crippen LogP contribution in [0.4, 0.5) is 0 Å². The first-order valence-electron chi connectivity index (χ1n) is 3.28. The van der Waals surface area contributed by atoms with Crippen LogP contribution in [0.3, 0.4) is 0 Å². The van der Waals surface area contributed by atoms with Crippen molar-refractivity contribution in [3.05, 3.63) is 12.0 Å². The lowest BCUT2D eigenvalue weighted by Crippen LogP contribution is -1.84. The predicted molar refractivity (Wildman–Crippen MR) is 38.3 cm³/mol. The first-order chi connectivity index (χ1) is 5.81. The van der Waals surface area contributed by atoms with E-state index >= 15 is 0 Å². The van der Waals surface area contributed by atoms with Crippen LogP contribution in [0.25, 0.3) is 5.65 Å². The molecule has 1 N–H and O–H groups in total. The second kappa shape index (κ2) is 2.23. The van der Waals surface area contributed by atoms with Gasteiger partial charge in [-0.15, -0.1) is 10.4 Å². The number of aromatic nitrogens is 4. The van der Waals surface area contributed by atoms with Gasteiger partial charge in [0.05, 0.1) is 6.20 Å². The SMILES string of the molecule is Cc1nc2c(OC#N)c[nH]n2n1. The molecule has 0 unspecified atom stereocenters. The summed E-state index contributed by atoms with van der Waals surface area (Å²) in [5.74, 6) is 1.02. The van der Waals surface area contributed by atoms with Crippen molar-refractivity contribution in [2.45, 2.75) is 6.92 Å². The number of nitrogens with zero attached hydrogens (tertiary/aromatic N) is 4. The Morgan fingerprint density at radius 3 is 3.33 bits per heavy atom. The number of aromatic amines is 1. The summed E-state index contributed by atoms with van der Waals surface area (Å²) in [6, 6.07) is 0. The standard InChI is InChI=1S/C6H5N5O/c1-4-9-6-5(12-3-7)2-8-11(6)10-4/h2,8H,1H3. The third-order valence-electron chi connectivity index (χ3n) is 1.41. The van der Waals surface area contributed by atoms with Crippen molar-refractivity contribution in [1.29, 1.82) is 5.26 Å². The van der Waals surface area contributed by atoms with Crippen LogP contribution in [0.5, 0.6) is 5.75 Å². The molecule has 2 heterocycles. The van der Waals surface area contributed by atoms with Crippen molar-refractivity contribution in [1.82, 2.24) is 19.8 Å². The van der Waals surface area contributed by atoms with Gasteiger partial charge in [0.2, 0.25) is 11.4 Å². The number of rotatable bonds is 1. The molecule has 12 heavy (non-hydrogen) atoms. The van der Waals surface area contributed by atoms with E-state index in [2.05, 4.69) is 19.9 Å². The van der Waals surface area contributed by atoms with Crippen LogP contribution in [-0.2, 0) is 0 Å². The highest BCUT2D eigenvalue weighted by atomic mass is 16.5. The van der Waals surface area contributed by atoms with Crippen molar-refractivity contribution in [2.24, 2.45) is 0 Å². The highest BCUT2D eigenvalue weighted by Crippen LogP contribution is 2.15. The van der Waals surface area contributed by atoms with Crippen molar-refractivity contribution in [3.8, 4) is 12.0 Å². The second-order valence-electron chi connectivity index (χ2n) is 2.23. The molecular weight excluding hydrogens is 158 g/mol. The maximum atomic E-state index is 8.26. The van der Waals surface area contributed by atoms with Crippen LogP contribution in [-0.4, -0.2) is 19.8 Å². The fourth-order valence-electron chi connectivity index (χ4n) is 0.973. The molecule has 0 amide bonds. The van der Waals surface area contributed by atoms with Crippen molar-refractivity contribution in [2.75, 3.05) is 0 Å². The number of H-pyrrole nitrogens is 1. The van der Waals surface area contributed by atoms with Crippen LogP contribution < -0.4 is 4.74 Å². The van der Waals surface area contributed by atoms with Crippen LogP contribution in [0.1, 0.15) is 5.82 Å². The molecule has 0 bridgehead atoms. The zero-order valence-electron chi connectivity index (χ0n) is 6.27. The summed E-state index contributed by atoms with van der Waals surface area (Å²) < 4.78 is 6.07. The van der Waals surface area contributed by atoms with E-state index in [0.29, 0.717) is 17.2 Å². The van der Waals surface area contributed by atoms with Gasteiger partial charge in [0.15, 0.2) is 5.82 Å². The molecule has 0 spiro atoms. The van der Waals surface area contributed by atoms with Crippen molar-refractivity contribution >= 4 is 5.65 Å². The van der Waals surface area contributed by atoms with E-state index in [4.69, 9.17) is 5.26 Å². The summed E-state index contributed by atoms with van der Waals surface area (Å²) in [7, 11) is 0. The normalized spacial score (nSPS) is 10.0. The molecule has 0 fully saturated rings. The molecule has 2 aromatic heterocycles. The Morgan fingerprint density at radius 1 is 1.75 bits per heavy atom. The van der Waals surface area contributed by atoms with E-state index in [1.807, 2.05) is 0 Å². The molecule has 2 aromatic rings. The first kappa shape index (κ1) is 6.67. The third-order valence-corrected chi connectivity index (χ3v) is 1.41. The molecule has 0 aliphatic carbocycles. The minimum absolute atomic E-state index is 0.387. The highest BCUT2D eigenvalue weighted by molar-refractivity contribution is 5.51. The van der Waals surface area contributed by atoms with E-state index in [1.54, 1.807) is 13.2 Å². The molecule has 0 aliphatic heterocycles. The monoisotopic (exact) mass is 163 g/mol. The topological polar surface area (TPSA) is 79.0 Å². The molecule has 0 aliphatic rings. The van der Waals surface area contributed by atoms with Gasteiger partial charge in [-0.2, -0.15) is 4.63 Å². The number of nitriles is 1. The molecule has 0 saturated carbocycles. The third kappa shape index (κ3) is 0.802. The first-order valence-corrected chi connectivity index (χ1v) is 3.28. The van der Waals surface area contributed by atoms with Gasteiger partial charge in [-0.05, 0) is 6.92 Å². The summed E-state index contributed by atoms with van der Waals surface area (Å²) in [4.78, 5) is 4.04. The zero-order valence-corrected chi connectivity index (χ0v) is 6.27. The van der Waals surface area contributed by atoms with Gasteiger partial charge >= 0.3 is 0 Å². The maximum absolute atomic E-state index is 8.26. The van der Waals surface area contributed by atoms with Gasteiger partial charge in [0, 0.05) is 0 Å². The van der Waals surface area contributed by atoms with Crippen molar-refractivity contribution < 1.29 is 4.74 Å². The minimum Gasteiger partial charge on any atom is -0.382 e. The number of nitrogens with one attached hydrogen (secondary N) is 1. The summed E-state index contributed by atoms with van der Waals surface area (Å²) in [5, 5.41) is 15.0. The summed E-state index contributed by atoms with van der Waals surface area (Å²) in [6.07, 6.45) is 3.10. The number of ether oxygens (including phenoxy) is 1. The van der Waals surface area contributed by atoms with Crippen LogP contribution in [0.15, 0.2) is 6.20 Å². The average Bonchev–Trinajstić information content (AvgIpc) is 2.52. The lowest BCUT2D eigenvalue weighted by molar-refractivity contribution is 0.511. The van der Waals surface area contributed by atoms with E-state index < -0.39 is 0 Å². The van der Waals surface area contributed by atoms with Gasteiger partial charge < -0.3 is 4.74 Å². The Hall–Kier alpha value is -2.03. The van der Waals surface area contributed by atoms with Crippen molar-refractivity contribution in [3.63, 3.8) is 0 Å². The largest absolute Gasteiger partial charge is 0.382 e. The predicted octanol–water partition coefficient (Wildman–Crippen LogP) is 0.226. The van der Waals surface area contributed by atoms with Gasteiger partial charge in [0.25, 0.3) is 6.26 Å². The summed E-state index contributed by atoms with van der Waals surface area (Å²) in [6.45, 7) is 1.76. The van der Waals surface area contributed by atoms with E-state index in [0.717, 1.165) is 0 Å². The number of aryl methyl sites for hydroxylation is 1. The Bertz CT molecular complexity index is 448. The Balaban J connectivity index is 2.62. The molecule has 0 radical (unpaired) electrons. The number of hydrogen-bond acceptors (Lipinski definition) is 4. The molecule has 6 nitrogen and oxygen atoms in total. The van der Waals surface area contributed by atoms with E-state index in [9.17, 15) is 0 Å². The second-order valence-corrected chi connectivity index (χ2v) is 2.23. The Labute approximate surface area is 67.4 Å². The van der Waals surface area contributed by atoms with Crippen LogP contribution in [0, 0.1) is 18.4 Å². The van der Waals surface area contributed by atoms with E-state index in [-0.39, 0.29) is 0 Å². The minimum atomic E-state index is 0.387. The molecule has 0 atom stereocenters. The molecule has 60 valence electrons. The number of hydrogen-bond donors (Lipinski definition) is 1. The fourth-order valence-corrected chi connectivity index (χ4v) is 0.973. The zero-order chi connectivity index (χ0) is 8.55. The molecule has 0 saturated heterocycles. The summed E-state index contributed by atoms with van der Waals surface area (Å²) in [5.41, 5.74) is 0.522. The maximum Gasteiger partial charge on any atom is 0.292 e. The van der Waals surface area contributed by atoms with Gasteiger partial charge in [0.1, 0.15) is 0 Å². The fraction of sp³-hybridized carbons (Fsp3) is 0.167. The summed E-state index contributed by atoms with van der Waals surface area (Å²) >= 11 is 0. The Kier molecular flexibility index (Phi) is 1.24. The highest BCUT2D eigenvalue weighted by Gasteiger charge is 2.08. The lowest BCUT2D eigenvalue weighted by atomic mass is 10.6. The Morgan fingerprint density at radius 2 is 2.58 bits per heavy atom. The lowest BCUT2D eigenvalue weighted by Gasteiger charge is -1.83. The molecule has 0 aromatic carbocycles. The smallest absolute Gasteiger partial charge is 0.292 e. The van der Waals surface area contributed by atoms with Crippen LogP contribution in [0.2, 0.25) is 0 Å². The average molecular weight is 163 g/mol. The van der Waals surface area contributed by atoms with Gasteiger partial charge in [-0.3, -0.25) is 5.10 Å². The van der Waals surface area contributed by atoms with Gasteiger partial charge in [-0.25, -0.2) is 4.98 Å². The quantitative estimate of drug-likeness (QED) is 0.610. The molecule has 6 heteroatoms. The van der Waals surface area contributed by atoms with Crippen LogP contribution >= 0.6 is 0 Å². The van der Waals surface area contributed by atoms with Gasteiger partial charge in [-0.1, -0.05) is 0 Å². The van der Waals surface area contributed by atoms with E-state index in [1.165, 1.54) is 10.8 Å².